The Bertz CT molecular complexity index is 460. The van der Waals surface area contributed by atoms with E-state index in [1.165, 1.54) is 0 Å². The number of hydrogen-bond acceptors (Lipinski definition) is 7. The first kappa shape index (κ1) is 22.5. The standard InChI is InChI=1S/C17H32N4O5/c1-11(2)7-15(19-10-26-12(3)21-25)17(24)20-14(9-22)8-13-5-4-6-18-16(13)23/h9,11-15,19,21,25H,4-8,10H2,1-3H3,(H,18,23)(H,20,24)/t12?,13-,14-,15-/m0/s1. The van der Waals surface area contributed by atoms with E-state index in [1.807, 2.05) is 19.3 Å². The molecule has 5 N–H and O–H groups in total. The number of rotatable bonds is 12. The summed E-state index contributed by atoms with van der Waals surface area (Å²) in [5.74, 6) is -0.366. The van der Waals surface area contributed by atoms with Gasteiger partial charge in [-0.05, 0) is 38.5 Å². The molecule has 1 saturated heterocycles. The van der Waals surface area contributed by atoms with Crippen molar-refractivity contribution in [1.29, 1.82) is 0 Å². The van der Waals surface area contributed by atoms with E-state index in [0.29, 0.717) is 25.7 Å². The number of piperidine rings is 1. The summed E-state index contributed by atoms with van der Waals surface area (Å²) in [5.41, 5.74) is 1.95. The number of hydrogen-bond donors (Lipinski definition) is 5. The molecule has 1 aliphatic heterocycles. The maximum atomic E-state index is 12.6. The summed E-state index contributed by atoms with van der Waals surface area (Å²) < 4.78 is 5.25. The van der Waals surface area contributed by atoms with Gasteiger partial charge in [-0.25, -0.2) is 0 Å². The van der Waals surface area contributed by atoms with E-state index in [-0.39, 0.29) is 30.4 Å². The highest BCUT2D eigenvalue weighted by molar-refractivity contribution is 5.85. The van der Waals surface area contributed by atoms with Gasteiger partial charge in [0.15, 0.2) is 0 Å². The lowest BCUT2D eigenvalue weighted by molar-refractivity contribution is -0.130. The second-order valence-corrected chi connectivity index (χ2v) is 7.09. The molecule has 1 heterocycles. The molecule has 1 aliphatic rings. The van der Waals surface area contributed by atoms with Crippen molar-refractivity contribution in [3.8, 4) is 0 Å². The Kier molecular flexibility index (Phi) is 10.3. The van der Waals surface area contributed by atoms with Gasteiger partial charge < -0.3 is 25.4 Å². The Hall–Kier alpha value is -1.55. The molecule has 0 aromatic rings. The van der Waals surface area contributed by atoms with Gasteiger partial charge >= 0.3 is 0 Å². The minimum absolute atomic E-state index is 0.0619. The summed E-state index contributed by atoms with van der Waals surface area (Å²) in [6.07, 6.45) is 2.57. The van der Waals surface area contributed by atoms with E-state index in [2.05, 4.69) is 16.0 Å². The van der Waals surface area contributed by atoms with Crippen LogP contribution in [0.1, 0.15) is 46.5 Å². The van der Waals surface area contributed by atoms with Gasteiger partial charge in [-0.2, -0.15) is 5.48 Å². The first-order valence-electron chi connectivity index (χ1n) is 9.15. The lowest BCUT2D eigenvalue weighted by Crippen LogP contribution is -2.51. The molecule has 1 rings (SSSR count). The van der Waals surface area contributed by atoms with Crippen LogP contribution in [0.3, 0.4) is 0 Å². The summed E-state index contributed by atoms with van der Waals surface area (Å²) in [6, 6.07) is -1.24. The quantitative estimate of drug-likeness (QED) is 0.184. The van der Waals surface area contributed by atoms with E-state index < -0.39 is 18.3 Å². The molecule has 150 valence electrons. The number of carbonyl (C=O) groups is 3. The molecule has 0 saturated carbocycles. The summed E-state index contributed by atoms with van der Waals surface area (Å²) in [5, 5.41) is 17.2. The summed E-state index contributed by atoms with van der Waals surface area (Å²) in [7, 11) is 0. The second-order valence-electron chi connectivity index (χ2n) is 7.09. The maximum Gasteiger partial charge on any atom is 0.237 e. The van der Waals surface area contributed by atoms with Crippen molar-refractivity contribution in [2.24, 2.45) is 11.8 Å². The monoisotopic (exact) mass is 372 g/mol. The van der Waals surface area contributed by atoms with Crippen LogP contribution in [0.5, 0.6) is 0 Å². The van der Waals surface area contributed by atoms with Gasteiger partial charge in [-0.3, -0.25) is 14.9 Å². The van der Waals surface area contributed by atoms with Gasteiger partial charge in [0.25, 0.3) is 0 Å². The molecular weight excluding hydrogens is 340 g/mol. The third-order valence-electron chi connectivity index (χ3n) is 4.30. The molecule has 2 amide bonds. The molecule has 26 heavy (non-hydrogen) atoms. The third kappa shape index (κ3) is 8.22. The minimum Gasteiger partial charge on any atom is -0.356 e. The topological polar surface area (TPSA) is 129 Å². The van der Waals surface area contributed by atoms with Crippen molar-refractivity contribution in [2.45, 2.75) is 64.8 Å². The van der Waals surface area contributed by atoms with E-state index in [4.69, 9.17) is 9.94 Å². The van der Waals surface area contributed by atoms with Crippen LogP contribution in [0, 0.1) is 11.8 Å². The van der Waals surface area contributed by atoms with E-state index in [9.17, 15) is 14.4 Å². The molecule has 1 fully saturated rings. The van der Waals surface area contributed by atoms with E-state index in [1.54, 1.807) is 6.92 Å². The third-order valence-corrected chi connectivity index (χ3v) is 4.30. The summed E-state index contributed by atoms with van der Waals surface area (Å²) >= 11 is 0. The Labute approximate surface area is 154 Å². The van der Waals surface area contributed by atoms with Gasteiger partial charge in [0.1, 0.15) is 12.5 Å². The molecule has 0 aliphatic carbocycles. The molecule has 9 heteroatoms. The molecule has 0 bridgehead atoms. The van der Waals surface area contributed by atoms with Crippen LogP contribution in [0.4, 0.5) is 0 Å². The predicted molar refractivity (Wildman–Crippen MR) is 95.1 cm³/mol. The van der Waals surface area contributed by atoms with Crippen molar-refractivity contribution in [1.82, 2.24) is 21.4 Å². The van der Waals surface area contributed by atoms with Gasteiger partial charge in [0, 0.05) is 12.5 Å². The average Bonchev–Trinajstić information content (AvgIpc) is 2.61. The maximum absolute atomic E-state index is 12.6. The summed E-state index contributed by atoms with van der Waals surface area (Å²) in [4.78, 5) is 35.8. The Morgan fingerprint density at radius 1 is 1.42 bits per heavy atom. The molecule has 0 aromatic carbocycles. The smallest absolute Gasteiger partial charge is 0.237 e. The van der Waals surface area contributed by atoms with Gasteiger partial charge in [-0.15, -0.1) is 0 Å². The number of aldehydes is 1. The van der Waals surface area contributed by atoms with Crippen LogP contribution in [-0.2, 0) is 19.1 Å². The largest absolute Gasteiger partial charge is 0.356 e. The van der Waals surface area contributed by atoms with Crippen LogP contribution in [0.15, 0.2) is 0 Å². The van der Waals surface area contributed by atoms with Crippen molar-refractivity contribution in [3.63, 3.8) is 0 Å². The van der Waals surface area contributed by atoms with Crippen LogP contribution in [0.2, 0.25) is 0 Å². The molecule has 0 aromatic heterocycles. The molecule has 4 atom stereocenters. The Morgan fingerprint density at radius 2 is 2.15 bits per heavy atom. The highest BCUT2D eigenvalue weighted by Gasteiger charge is 2.28. The highest BCUT2D eigenvalue weighted by Crippen LogP contribution is 2.17. The Balaban J connectivity index is 2.57. The van der Waals surface area contributed by atoms with E-state index in [0.717, 1.165) is 12.8 Å². The number of carbonyl (C=O) groups excluding carboxylic acids is 3. The molecular formula is C17H32N4O5. The van der Waals surface area contributed by atoms with Crippen molar-refractivity contribution < 1.29 is 24.3 Å². The van der Waals surface area contributed by atoms with Crippen LogP contribution in [-0.4, -0.2) is 54.9 Å². The molecule has 0 spiro atoms. The lowest BCUT2D eigenvalue weighted by Gasteiger charge is -2.26. The average molecular weight is 372 g/mol. The normalized spacial score (nSPS) is 21.0. The van der Waals surface area contributed by atoms with Gasteiger partial charge in [-0.1, -0.05) is 13.8 Å². The zero-order valence-electron chi connectivity index (χ0n) is 15.8. The zero-order chi connectivity index (χ0) is 19.5. The van der Waals surface area contributed by atoms with E-state index >= 15 is 0 Å². The molecule has 9 nitrogen and oxygen atoms in total. The first-order valence-corrected chi connectivity index (χ1v) is 9.15. The van der Waals surface area contributed by atoms with Gasteiger partial charge in [0.05, 0.1) is 18.8 Å². The molecule has 1 unspecified atom stereocenters. The van der Waals surface area contributed by atoms with Crippen molar-refractivity contribution in [3.05, 3.63) is 0 Å². The second kappa shape index (κ2) is 11.9. The van der Waals surface area contributed by atoms with Crippen molar-refractivity contribution >= 4 is 18.1 Å². The zero-order valence-corrected chi connectivity index (χ0v) is 15.8. The predicted octanol–water partition coefficient (Wildman–Crippen LogP) is -0.110. The lowest BCUT2D eigenvalue weighted by atomic mass is 9.91. The number of amides is 2. The van der Waals surface area contributed by atoms with Gasteiger partial charge in [0.2, 0.25) is 11.8 Å². The number of hydroxylamine groups is 1. The minimum atomic E-state index is -0.702. The number of ether oxygens (including phenoxy) is 1. The SMILES string of the molecule is CC(C)C[C@H](NCOC(C)NO)C(=O)N[C@H](C=O)C[C@@H]1CCCNC1=O. The first-order chi connectivity index (χ1) is 12.4. The highest BCUT2D eigenvalue weighted by atomic mass is 16.6. The fourth-order valence-corrected chi connectivity index (χ4v) is 2.86. The fraction of sp³-hybridized carbons (Fsp3) is 0.824. The fourth-order valence-electron chi connectivity index (χ4n) is 2.86. The summed E-state index contributed by atoms with van der Waals surface area (Å²) in [6.45, 7) is 6.33. The molecule has 0 radical (unpaired) electrons. The van der Waals surface area contributed by atoms with Crippen molar-refractivity contribution in [2.75, 3.05) is 13.3 Å². The van der Waals surface area contributed by atoms with Crippen LogP contribution >= 0.6 is 0 Å². The van der Waals surface area contributed by atoms with Crippen LogP contribution < -0.4 is 21.4 Å². The number of nitrogens with one attached hydrogen (secondary N) is 4. The Morgan fingerprint density at radius 3 is 2.73 bits per heavy atom. The van der Waals surface area contributed by atoms with Crippen LogP contribution in [0.25, 0.3) is 0 Å².